The van der Waals surface area contributed by atoms with Gasteiger partial charge in [-0.1, -0.05) is 24.3 Å². The van der Waals surface area contributed by atoms with Gasteiger partial charge in [0.25, 0.3) is 0 Å². The minimum atomic E-state index is -4.70. The minimum absolute atomic E-state index is 0.214. The van der Waals surface area contributed by atoms with Crippen LogP contribution in [0, 0.1) is 0 Å². The zero-order valence-corrected chi connectivity index (χ0v) is 16.4. The summed E-state index contributed by atoms with van der Waals surface area (Å²) in [6.45, 7) is 0.511. The number of aromatic nitrogens is 2. The van der Waals surface area contributed by atoms with Gasteiger partial charge in [0.05, 0.1) is 19.9 Å². The highest BCUT2D eigenvalue weighted by Crippen LogP contribution is 2.26. The van der Waals surface area contributed by atoms with Crippen molar-refractivity contribution in [2.45, 2.75) is 12.8 Å². The molecule has 0 aliphatic rings. The van der Waals surface area contributed by atoms with E-state index in [0.29, 0.717) is 30.2 Å². The summed E-state index contributed by atoms with van der Waals surface area (Å²) >= 11 is 0. The number of benzene rings is 2. The van der Waals surface area contributed by atoms with Crippen LogP contribution in [-0.4, -0.2) is 37.1 Å². The van der Waals surface area contributed by atoms with Gasteiger partial charge in [0, 0.05) is 18.2 Å². The van der Waals surface area contributed by atoms with E-state index in [0.717, 1.165) is 11.1 Å². The first-order valence-electron chi connectivity index (χ1n) is 9.02. The molecule has 0 spiro atoms. The topological polar surface area (TPSA) is 65.5 Å². The molecule has 0 bridgehead atoms. The normalized spacial score (nSPS) is 11.1. The largest absolute Gasteiger partial charge is 0.573 e. The Kier molecular flexibility index (Phi) is 6.61. The first-order chi connectivity index (χ1) is 14.4. The van der Waals surface area contributed by atoms with Gasteiger partial charge in [0.15, 0.2) is 0 Å². The summed E-state index contributed by atoms with van der Waals surface area (Å²) in [4.78, 5) is 8.65. The molecule has 0 saturated carbocycles. The van der Waals surface area contributed by atoms with Crippen LogP contribution in [0.3, 0.4) is 0 Å². The van der Waals surface area contributed by atoms with Gasteiger partial charge in [-0.15, -0.1) is 13.2 Å². The number of hydrogen-bond donors (Lipinski definition) is 1. The molecule has 0 aliphatic heterocycles. The summed E-state index contributed by atoms with van der Waals surface area (Å²) in [5.41, 5.74) is 2.36. The van der Waals surface area contributed by atoms with Crippen molar-refractivity contribution in [3.05, 3.63) is 60.2 Å². The molecule has 30 heavy (non-hydrogen) atoms. The summed E-state index contributed by atoms with van der Waals surface area (Å²) in [6, 6.07) is 15.2. The zero-order valence-electron chi connectivity index (χ0n) is 16.4. The number of hydrogen-bond acceptors (Lipinski definition) is 6. The summed E-state index contributed by atoms with van der Waals surface area (Å²) < 4.78 is 51.0. The SMILES string of the molecule is COc1cccc(-c2cc(NCCc3ccc(OC(F)(F)F)cc3)nc(OC)n2)c1. The highest BCUT2D eigenvalue weighted by atomic mass is 19.4. The average molecular weight is 419 g/mol. The molecule has 6 nitrogen and oxygen atoms in total. The molecule has 0 saturated heterocycles. The van der Waals surface area contributed by atoms with Crippen molar-refractivity contribution in [3.63, 3.8) is 0 Å². The van der Waals surface area contributed by atoms with E-state index in [1.807, 2.05) is 24.3 Å². The molecule has 0 unspecified atom stereocenters. The van der Waals surface area contributed by atoms with Crippen LogP contribution in [0.4, 0.5) is 19.0 Å². The molecule has 0 atom stereocenters. The molecule has 0 radical (unpaired) electrons. The lowest BCUT2D eigenvalue weighted by Crippen LogP contribution is -2.17. The van der Waals surface area contributed by atoms with Crippen LogP contribution in [0.25, 0.3) is 11.3 Å². The second kappa shape index (κ2) is 9.34. The van der Waals surface area contributed by atoms with E-state index < -0.39 is 6.36 Å². The van der Waals surface area contributed by atoms with Crippen LogP contribution in [0.15, 0.2) is 54.6 Å². The van der Waals surface area contributed by atoms with Crippen molar-refractivity contribution >= 4 is 5.82 Å². The molecule has 158 valence electrons. The Bertz CT molecular complexity index is 979. The Morgan fingerprint density at radius 2 is 1.67 bits per heavy atom. The zero-order chi connectivity index (χ0) is 21.6. The molecule has 1 aromatic heterocycles. The highest BCUT2D eigenvalue weighted by molar-refractivity contribution is 5.64. The monoisotopic (exact) mass is 419 g/mol. The number of anilines is 1. The van der Waals surface area contributed by atoms with E-state index >= 15 is 0 Å². The van der Waals surface area contributed by atoms with Crippen LogP contribution in [-0.2, 0) is 6.42 Å². The maximum absolute atomic E-state index is 12.2. The molecule has 0 aliphatic carbocycles. The number of nitrogens with zero attached hydrogens (tertiary/aromatic N) is 2. The number of nitrogens with one attached hydrogen (secondary N) is 1. The maximum Gasteiger partial charge on any atom is 0.573 e. The number of halogens is 3. The number of ether oxygens (including phenoxy) is 3. The van der Waals surface area contributed by atoms with E-state index in [9.17, 15) is 13.2 Å². The van der Waals surface area contributed by atoms with Crippen LogP contribution in [0.1, 0.15) is 5.56 Å². The Morgan fingerprint density at radius 1 is 0.900 bits per heavy atom. The van der Waals surface area contributed by atoms with E-state index in [1.165, 1.54) is 19.2 Å². The van der Waals surface area contributed by atoms with Crippen molar-refractivity contribution in [1.29, 1.82) is 0 Å². The van der Waals surface area contributed by atoms with Gasteiger partial charge in [0.2, 0.25) is 0 Å². The molecular weight excluding hydrogens is 399 g/mol. The summed E-state index contributed by atoms with van der Waals surface area (Å²) in [7, 11) is 3.08. The van der Waals surface area contributed by atoms with Gasteiger partial charge < -0.3 is 19.5 Å². The predicted octanol–water partition coefficient (Wildman–Crippen LogP) is 4.71. The molecule has 0 fully saturated rings. The van der Waals surface area contributed by atoms with Crippen molar-refractivity contribution in [2.24, 2.45) is 0 Å². The Morgan fingerprint density at radius 3 is 2.33 bits per heavy atom. The lowest BCUT2D eigenvalue weighted by atomic mass is 10.1. The summed E-state index contributed by atoms with van der Waals surface area (Å²) in [5.74, 6) is 1.02. The highest BCUT2D eigenvalue weighted by Gasteiger charge is 2.30. The Labute approximate surface area is 171 Å². The third kappa shape index (κ3) is 6.00. The van der Waals surface area contributed by atoms with E-state index in [-0.39, 0.29) is 11.8 Å². The second-order valence-corrected chi connectivity index (χ2v) is 6.23. The fraction of sp³-hybridized carbons (Fsp3) is 0.238. The average Bonchev–Trinajstić information content (AvgIpc) is 2.73. The molecule has 3 aromatic rings. The van der Waals surface area contributed by atoms with Gasteiger partial charge in [-0.25, -0.2) is 0 Å². The molecule has 1 N–H and O–H groups in total. The molecule has 1 heterocycles. The third-order valence-electron chi connectivity index (χ3n) is 4.13. The predicted molar refractivity (Wildman–Crippen MR) is 106 cm³/mol. The van der Waals surface area contributed by atoms with Crippen LogP contribution in [0.5, 0.6) is 17.5 Å². The molecule has 0 amide bonds. The van der Waals surface area contributed by atoms with Gasteiger partial charge in [-0.2, -0.15) is 9.97 Å². The molecule has 2 aromatic carbocycles. The Balaban J connectivity index is 1.66. The van der Waals surface area contributed by atoms with Gasteiger partial charge in [-0.05, 0) is 36.2 Å². The van der Waals surface area contributed by atoms with Crippen molar-refractivity contribution in [3.8, 4) is 28.8 Å². The van der Waals surface area contributed by atoms with Crippen LogP contribution in [0.2, 0.25) is 0 Å². The Hall–Kier alpha value is -3.49. The van der Waals surface area contributed by atoms with Gasteiger partial charge in [0.1, 0.15) is 17.3 Å². The minimum Gasteiger partial charge on any atom is -0.497 e. The molecular formula is C21H20F3N3O3. The van der Waals surface area contributed by atoms with Crippen molar-refractivity contribution < 1.29 is 27.4 Å². The smallest absolute Gasteiger partial charge is 0.497 e. The molecule has 3 rings (SSSR count). The van der Waals surface area contributed by atoms with Crippen LogP contribution >= 0.6 is 0 Å². The quantitative estimate of drug-likeness (QED) is 0.570. The van der Waals surface area contributed by atoms with E-state index in [1.54, 1.807) is 25.3 Å². The van der Waals surface area contributed by atoms with Crippen molar-refractivity contribution in [1.82, 2.24) is 9.97 Å². The number of rotatable bonds is 8. The fourth-order valence-corrected chi connectivity index (χ4v) is 2.73. The second-order valence-electron chi connectivity index (χ2n) is 6.23. The van der Waals surface area contributed by atoms with Gasteiger partial charge >= 0.3 is 12.4 Å². The standard InChI is InChI=1S/C21H20F3N3O3/c1-28-17-5-3-4-15(12-17)18-13-19(27-20(26-18)29-2)25-11-10-14-6-8-16(9-7-14)30-21(22,23)24/h3-9,12-13H,10-11H2,1-2H3,(H,25,26,27). The van der Waals surface area contributed by atoms with Gasteiger partial charge in [-0.3, -0.25) is 0 Å². The third-order valence-corrected chi connectivity index (χ3v) is 4.13. The van der Waals surface area contributed by atoms with Crippen LogP contribution < -0.4 is 19.5 Å². The molecule has 9 heteroatoms. The maximum atomic E-state index is 12.2. The summed E-state index contributed by atoms with van der Waals surface area (Å²) in [5, 5.41) is 3.19. The number of alkyl halides is 3. The van der Waals surface area contributed by atoms with E-state index in [4.69, 9.17) is 9.47 Å². The van der Waals surface area contributed by atoms with Crippen molar-refractivity contribution in [2.75, 3.05) is 26.1 Å². The lowest BCUT2D eigenvalue weighted by Gasteiger charge is -2.11. The first-order valence-corrected chi connectivity index (χ1v) is 9.02. The summed E-state index contributed by atoms with van der Waals surface area (Å²) in [6.07, 6.45) is -4.12. The lowest BCUT2D eigenvalue weighted by molar-refractivity contribution is -0.274. The van der Waals surface area contributed by atoms with E-state index in [2.05, 4.69) is 20.0 Å². The first kappa shape index (κ1) is 21.2. The fourth-order valence-electron chi connectivity index (χ4n) is 2.73. The number of methoxy groups -OCH3 is 2.